The zero-order chi connectivity index (χ0) is 18.4. The molecule has 0 radical (unpaired) electrons. The van der Waals surface area contributed by atoms with Gasteiger partial charge in [0.15, 0.2) is 0 Å². The molecule has 1 aromatic carbocycles. The molecule has 1 saturated carbocycles. The number of benzene rings is 1. The zero-order valence-electron chi connectivity index (χ0n) is 15.8. The van der Waals surface area contributed by atoms with E-state index in [1.807, 2.05) is 47.6 Å². The van der Waals surface area contributed by atoms with Crippen molar-refractivity contribution in [3.63, 3.8) is 0 Å². The van der Waals surface area contributed by atoms with Crippen molar-refractivity contribution >= 4 is 17.7 Å². The fourth-order valence-corrected chi connectivity index (χ4v) is 4.71. The minimum atomic E-state index is 0.0203. The van der Waals surface area contributed by atoms with Crippen molar-refractivity contribution in [2.24, 2.45) is 0 Å². The lowest BCUT2D eigenvalue weighted by Gasteiger charge is -2.20. The third-order valence-electron chi connectivity index (χ3n) is 4.95. The van der Waals surface area contributed by atoms with Gasteiger partial charge in [-0.1, -0.05) is 31.4 Å². The quantitative estimate of drug-likeness (QED) is 0.736. The smallest absolute Gasteiger partial charge is 0.251 e. The summed E-state index contributed by atoms with van der Waals surface area (Å²) < 4.78 is 1.99. The predicted molar refractivity (Wildman–Crippen MR) is 109 cm³/mol. The number of rotatable bonds is 7. The molecule has 0 saturated heterocycles. The highest BCUT2D eigenvalue weighted by atomic mass is 32.2. The topological polar surface area (TPSA) is 46.9 Å². The Bertz CT molecular complexity index is 717. The predicted octanol–water partition coefficient (Wildman–Crippen LogP) is 4.34. The largest absolute Gasteiger partial charge is 0.351 e. The van der Waals surface area contributed by atoms with Gasteiger partial charge in [-0.15, -0.1) is 0 Å². The fraction of sp³-hybridized carbons (Fsp3) is 0.524. The van der Waals surface area contributed by atoms with Crippen LogP contribution in [0.2, 0.25) is 0 Å². The highest BCUT2D eigenvalue weighted by molar-refractivity contribution is 7.99. The molecule has 140 valence electrons. The summed E-state index contributed by atoms with van der Waals surface area (Å²) >= 11 is 2.02. The van der Waals surface area contributed by atoms with Crippen LogP contribution in [0.15, 0.2) is 30.3 Å². The normalized spacial score (nSPS) is 15.2. The first-order valence-electron chi connectivity index (χ1n) is 9.61. The van der Waals surface area contributed by atoms with Gasteiger partial charge in [-0.3, -0.25) is 9.48 Å². The van der Waals surface area contributed by atoms with Gasteiger partial charge in [-0.05, 0) is 50.5 Å². The maximum atomic E-state index is 12.3. The van der Waals surface area contributed by atoms with Crippen molar-refractivity contribution in [2.75, 3.05) is 12.3 Å². The van der Waals surface area contributed by atoms with Gasteiger partial charge >= 0.3 is 0 Å². The summed E-state index contributed by atoms with van der Waals surface area (Å²) in [4.78, 5) is 12.3. The molecular formula is C21H29N3OS. The Morgan fingerprint density at radius 3 is 2.58 bits per heavy atom. The van der Waals surface area contributed by atoms with Crippen molar-refractivity contribution in [3.8, 4) is 0 Å². The van der Waals surface area contributed by atoms with E-state index in [0.29, 0.717) is 0 Å². The van der Waals surface area contributed by atoms with Crippen LogP contribution in [0.5, 0.6) is 0 Å². The van der Waals surface area contributed by atoms with E-state index in [1.165, 1.54) is 32.1 Å². The molecule has 26 heavy (non-hydrogen) atoms. The van der Waals surface area contributed by atoms with Gasteiger partial charge in [0, 0.05) is 28.8 Å². The SMILES string of the molecule is Cc1cc(C)n(Cc2ccc(C(=O)NCCSC3CCCCC3)cc2)n1. The van der Waals surface area contributed by atoms with Gasteiger partial charge in [-0.25, -0.2) is 0 Å². The number of hydrogen-bond donors (Lipinski definition) is 1. The van der Waals surface area contributed by atoms with Crippen LogP contribution in [0.4, 0.5) is 0 Å². The molecule has 3 rings (SSSR count). The minimum absolute atomic E-state index is 0.0203. The Labute approximate surface area is 160 Å². The van der Waals surface area contributed by atoms with E-state index in [9.17, 15) is 4.79 Å². The first kappa shape index (κ1) is 19.0. The monoisotopic (exact) mass is 371 g/mol. The van der Waals surface area contributed by atoms with Crippen LogP contribution < -0.4 is 5.32 Å². The zero-order valence-corrected chi connectivity index (χ0v) is 16.6. The summed E-state index contributed by atoms with van der Waals surface area (Å²) in [5.74, 6) is 1.03. The molecule has 0 bridgehead atoms. The van der Waals surface area contributed by atoms with E-state index in [0.717, 1.165) is 46.6 Å². The van der Waals surface area contributed by atoms with Crippen LogP contribution in [0.3, 0.4) is 0 Å². The molecule has 0 spiro atoms. The standard InChI is InChI=1S/C21H29N3OS/c1-16-14-17(2)24(23-16)15-18-8-10-19(11-9-18)21(25)22-12-13-26-20-6-4-3-5-7-20/h8-11,14,20H,3-7,12-13,15H2,1-2H3,(H,22,25). The van der Waals surface area contributed by atoms with E-state index in [4.69, 9.17) is 0 Å². The van der Waals surface area contributed by atoms with E-state index in [1.54, 1.807) is 0 Å². The van der Waals surface area contributed by atoms with Gasteiger partial charge in [-0.2, -0.15) is 16.9 Å². The second-order valence-corrected chi connectivity index (χ2v) is 8.58. The van der Waals surface area contributed by atoms with E-state index in [-0.39, 0.29) is 5.91 Å². The molecule has 0 aliphatic heterocycles. The van der Waals surface area contributed by atoms with Crippen LogP contribution in [0.1, 0.15) is 59.4 Å². The second-order valence-electron chi connectivity index (χ2n) is 7.17. The van der Waals surface area contributed by atoms with Crippen molar-refractivity contribution in [2.45, 2.75) is 57.7 Å². The molecule has 5 heteroatoms. The highest BCUT2D eigenvalue weighted by Crippen LogP contribution is 2.27. The Morgan fingerprint density at radius 1 is 1.19 bits per heavy atom. The minimum Gasteiger partial charge on any atom is -0.351 e. The lowest BCUT2D eigenvalue weighted by Crippen LogP contribution is -2.26. The van der Waals surface area contributed by atoms with Crippen molar-refractivity contribution < 1.29 is 4.79 Å². The first-order valence-corrected chi connectivity index (χ1v) is 10.7. The average Bonchev–Trinajstić information content (AvgIpc) is 2.97. The maximum absolute atomic E-state index is 12.3. The van der Waals surface area contributed by atoms with Crippen LogP contribution in [-0.2, 0) is 6.54 Å². The number of amides is 1. The van der Waals surface area contributed by atoms with Crippen LogP contribution in [-0.4, -0.2) is 33.2 Å². The summed E-state index contributed by atoms with van der Waals surface area (Å²) in [6.07, 6.45) is 6.82. The van der Waals surface area contributed by atoms with Crippen molar-refractivity contribution in [3.05, 3.63) is 52.8 Å². The summed E-state index contributed by atoms with van der Waals surface area (Å²) in [6, 6.07) is 9.92. The van der Waals surface area contributed by atoms with Gasteiger partial charge in [0.1, 0.15) is 0 Å². The number of carbonyl (C=O) groups is 1. The lowest BCUT2D eigenvalue weighted by atomic mass is 10.0. The molecule has 0 atom stereocenters. The Hall–Kier alpha value is -1.75. The first-order chi connectivity index (χ1) is 12.6. The molecule has 4 nitrogen and oxygen atoms in total. The van der Waals surface area contributed by atoms with Crippen molar-refractivity contribution in [1.82, 2.24) is 15.1 Å². The number of hydrogen-bond acceptors (Lipinski definition) is 3. The molecule has 1 amide bonds. The fourth-order valence-electron chi connectivity index (χ4n) is 3.49. The number of aromatic nitrogens is 2. The summed E-state index contributed by atoms with van der Waals surface area (Å²) in [5, 5.41) is 8.33. The summed E-state index contributed by atoms with van der Waals surface area (Å²) in [5.41, 5.74) is 4.06. The number of thioether (sulfide) groups is 1. The molecule has 0 unspecified atom stereocenters. The maximum Gasteiger partial charge on any atom is 0.251 e. The molecule has 1 fully saturated rings. The summed E-state index contributed by atoms with van der Waals surface area (Å²) in [7, 11) is 0. The van der Waals surface area contributed by atoms with Gasteiger partial charge in [0.05, 0.1) is 12.2 Å². The highest BCUT2D eigenvalue weighted by Gasteiger charge is 2.13. The van der Waals surface area contributed by atoms with Gasteiger partial charge < -0.3 is 5.32 Å². The van der Waals surface area contributed by atoms with E-state index >= 15 is 0 Å². The van der Waals surface area contributed by atoms with Crippen LogP contribution in [0.25, 0.3) is 0 Å². The van der Waals surface area contributed by atoms with Gasteiger partial charge in [0.25, 0.3) is 5.91 Å². The lowest BCUT2D eigenvalue weighted by molar-refractivity contribution is 0.0956. The average molecular weight is 372 g/mol. The molecule has 1 heterocycles. The Kier molecular flexibility index (Phi) is 6.78. The van der Waals surface area contributed by atoms with E-state index in [2.05, 4.69) is 23.4 Å². The molecule has 1 aliphatic rings. The Morgan fingerprint density at radius 2 is 1.92 bits per heavy atom. The van der Waals surface area contributed by atoms with E-state index < -0.39 is 0 Å². The Balaban J connectivity index is 1.43. The molecule has 2 aromatic rings. The second kappa shape index (κ2) is 9.26. The van der Waals surface area contributed by atoms with Gasteiger partial charge in [0.2, 0.25) is 0 Å². The van der Waals surface area contributed by atoms with Crippen LogP contribution in [0, 0.1) is 13.8 Å². The molecule has 1 aromatic heterocycles. The third kappa shape index (κ3) is 5.37. The number of carbonyl (C=O) groups excluding carboxylic acids is 1. The van der Waals surface area contributed by atoms with Crippen LogP contribution >= 0.6 is 11.8 Å². The number of nitrogens with zero attached hydrogens (tertiary/aromatic N) is 2. The number of nitrogens with one attached hydrogen (secondary N) is 1. The molecular weight excluding hydrogens is 342 g/mol. The molecule has 1 aliphatic carbocycles. The molecule has 1 N–H and O–H groups in total. The summed E-state index contributed by atoms with van der Waals surface area (Å²) in [6.45, 7) is 5.55. The third-order valence-corrected chi connectivity index (χ3v) is 6.33. The van der Waals surface area contributed by atoms with Crippen molar-refractivity contribution in [1.29, 1.82) is 0 Å². The number of aryl methyl sites for hydroxylation is 2.